The van der Waals surface area contributed by atoms with E-state index in [-0.39, 0.29) is 11.6 Å². The second kappa shape index (κ2) is 11.8. The third-order valence-corrected chi connectivity index (χ3v) is 11.5. The van der Waals surface area contributed by atoms with Gasteiger partial charge in [0.15, 0.2) is 6.17 Å². The lowest BCUT2D eigenvalue weighted by molar-refractivity contribution is 0.570. The largest absolute Gasteiger partial charge is 0.328 e. The number of allylic oxidation sites excluding steroid dienone is 3. The van der Waals surface area contributed by atoms with Gasteiger partial charge in [0.2, 0.25) is 0 Å². The standard InChI is InChI=1S/C46H34N4S/c1-46(25-10-3-11-26-46)45-48-43(30-13-4-2-5-14-30)47-44(49-45)33-15-12-16-34(27-33)50-39-19-8-6-17-35(39)37-28-31(21-23-40(37)50)32-22-24-42-38(29-32)36-18-7-9-20-41(36)51-42/h2-25,27-29,44H,26H2,1H3,(H,47,48,49). The van der Waals surface area contributed by atoms with E-state index in [1.165, 1.54) is 53.1 Å². The van der Waals surface area contributed by atoms with Gasteiger partial charge in [-0.25, -0.2) is 9.98 Å². The summed E-state index contributed by atoms with van der Waals surface area (Å²) in [5.41, 5.74) is 7.76. The van der Waals surface area contributed by atoms with Crippen molar-refractivity contribution in [2.45, 2.75) is 19.5 Å². The third kappa shape index (κ3) is 5.04. The number of nitrogens with one attached hydrogen (secondary N) is 1. The fourth-order valence-corrected chi connectivity index (χ4v) is 8.78. The molecule has 0 saturated carbocycles. The molecular weight excluding hydrogens is 641 g/mol. The van der Waals surface area contributed by atoms with Crippen molar-refractivity contribution in [3.8, 4) is 16.8 Å². The zero-order chi connectivity index (χ0) is 33.9. The molecule has 1 N–H and O–H groups in total. The van der Waals surface area contributed by atoms with Crippen LogP contribution in [0, 0.1) is 5.41 Å². The van der Waals surface area contributed by atoms with Crippen LogP contribution in [0.25, 0.3) is 58.8 Å². The molecule has 0 amide bonds. The van der Waals surface area contributed by atoms with Crippen LogP contribution in [0.15, 0.2) is 174 Å². The van der Waals surface area contributed by atoms with Crippen molar-refractivity contribution in [3.63, 3.8) is 0 Å². The summed E-state index contributed by atoms with van der Waals surface area (Å²) in [5, 5.41) is 8.73. The fourth-order valence-electron chi connectivity index (χ4n) is 7.70. The number of fused-ring (bicyclic) bond motifs is 6. The lowest BCUT2D eigenvalue weighted by Crippen LogP contribution is -2.44. The van der Waals surface area contributed by atoms with E-state index in [0.717, 1.165) is 34.9 Å². The quantitative estimate of drug-likeness (QED) is 0.194. The Morgan fingerprint density at radius 3 is 2.24 bits per heavy atom. The molecule has 0 bridgehead atoms. The number of amidine groups is 2. The highest BCUT2D eigenvalue weighted by Gasteiger charge is 2.32. The van der Waals surface area contributed by atoms with Gasteiger partial charge in [-0.15, -0.1) is 11.3 Å². The van der Waals surface area contributed by atoms with Crippen LogP contribution in [0.4, 0.5) is 0 Å². The summed E-state index contributed by atoms with van der Waals surface area (Å²) in [5.74, 6) is 1.78. The van der Waals surface area contributed by atoms with E-state index in [4.69, 9.17) is 9.98 Å². The number of thiophene rings is 1. The molecule has 2 aliphatic rings. The molecule has 10 rings (SSSR count). The fraction of sp³-hybridized carbons (Fsp3) is 0.0870. The molecule has 2 atom stereocenters. The molecule has 4 nitrogen and oxygen atoms in total. The van der Waals surface area contributed by atoms with Gasteiger partial charge in [-0.2, -0.15) is 0 Å². The van der Waals surface area contributed by atoms with Gasteiger partial charge in [0.25, 0.3) is 0 Å². The number of rotatable bonds is 5. The first-order valence-electron chi connectivity index (χ1n) is 17.5. The highest BCUT2D eigenvalue weighted by Crippen LogP contribution is 2.40. The smallest absolute Gasteiger partial charge is 0.169 e. The predicted octanol–water partition coefficient (Wildman–Crippen LogP) is 11.8. The van der Waals surface area contributed by atoms with Crippen LogP contribution in [-0.2, 0) is 0 Å². The molecule has 244 valence electrons. The van der Waals surface area contributed by atoms with Crippen LogP contribution < -0.4 is 5.32 Å². The highest BCUT2D eigenvalue weighted by molar-refractivity contribution is 7.25. The second-order valence-electron chi connectivity index (χ2n) is 13.7. The average molecular weight is 675 g/mol. The molecule has 0 spiro atoms. The molecule has 0 saturated heterocycles. The first-order chi connectivity index (χ1) is 25.1. The molecule has 5 heteroatoms. The van der Waals surface area contributed by atoms with Gasteiger partial charge >= 0.3 is 0 Å². The van der Waals surface area contributed by atoms with Gasteiger partial charge < -0.3 is 9.88 Å². The summed E-state index contributed by atoms with van der Waals surface area (Å²) in [6.45, 7) is 2.24. The first-order valence-corrected chi connectivity index (χ1v) is 18.3. The van der Waals surface area contributed by atoms with Gasteiger partial charge in [0.1, 0.15) is 11.7 Å². The van der Waals surface area contributed by atoms with Gasteiger partial charge in [-0.1, -0.05) is 115 Å². The summed E-state index contributed by atoms with van der Waals surface area (Å²) in [6, 6.07) is 50.4. The van der Waals surface area contributed by atoms with Crippen molar-refractivity contribution in [3.05, 3.63) is 175 Å². The summed E-state index contributed by atoms with van der Waals surface area (Å²) in [6.07, 6.45) is 9.18. The number of benzene rings is 6. The van der Waals surface area contributed by atoms with Crippen molar-refractivity contribution in [2.24, 2.45) is 15.4 Å². The Bertz CT molecular complexity index is 2780. The van der Waals surface area contributed by atoms with Crippen molar-refractivity contribution in [2.75, 3.05) is 0 Å². The summed E-state index contributed by atoms with van der Waals surface area (Å²) in [7, 11) is 0. The second-order valence-corrected chi connectivity index (χ2v) is 14.8. The molecule has 0 radical (unpaired) electrons. The maximum Gasteiger partial charge on any atom is 0.169 e. The van der Waals surface area contributed by atoms with Crippen LogP contribution in [-0.4, -0.2) is 16.2 Å². The number of aliphatic imine (C=N–C) groups is 2. The van der Waals surface area contributed by atoms with Gasteiger partial charge in [0.05, 0.1) is 11.0 Å². The highest BCUT2D eigenvalue weighted by atomic mass is 32.1. The Hall–Kier alpha value is -6.04. The predicted molar refractivity (Wildman–Crippen MR) is 216 cm³/mol. The molecule has 6 aromatic carbocycles. The van der Waals surface area contributed by atoms with E-state index in [1.807, 2.05) is 17.4 Å². The Balaban J connectivity index is 1.09. The van der Waals surface area contributed by atoms with Crippen molar-refractivity contribution >= 4 is 65.0 Å². The van der Waals surface area contributed by atoms with Crippen molar-refractivity contribution in [1.29, 1.82) is 0 Å². The number of nitrogens with zero attached hydrogens (tertiary/aromatic N) is 3. The molecule has 1 aliphatic carbocycles. The van der Waals surface area contributed by atoms with Crippen LogP contribution in [0.1, 0.15) is 30.6 Å². The Morgan fingerprint density at radius 2 is 1.37 bits per heavy atom. The number of para-hydroxylation sites is 1. The van der Waals surface area contributed by atoms with E-state index in [0.29, 0.717) is 0 Å². The Morgan fingerprint density at radius 1 is 0.627 bits per heavy atom. The molecule has 8 aromatic rings. The molecule has 2 aromatic heterocycles. The monoisotopic (exact) mass is 674 g/mol. The minimum absolute atomic E-state index is 0.244. The van der Waals surface area contributed by atoms with E-state index in [2.05, 4.69) is 175 Å². The SMILES string of the molecule is CC1(C2=NC(c3cccc(-n4c5ccccc5c5cc(-c6ccc7sc8ccccc8c7c6)ccc54)c3)N=C(c3ccccc3)N2)C=CC=CC1. The number of aromatic nitrogens is 1. The lowest BCUT2D eigenvalue weighted by atomic mass is 9.82. The third-order valence-electron chi connectivity index (χ3n) is 10.4. The van der Waals surface area contributed by atoms with E-state index in [1.54, 1.807) is 0 Å². The Kier molecular flexibility index (Phi) is 6.90. The summed E-state index contributed by atoms with van der Waals surface area (Å²) >= 11 is 1.86. The zero-order valence-electron chi connectivity index (χ0n) is 28.1. The topological polar surface area (TPSA) is 41.7 Å². The number of hydrogen-bond acceptors (Lipinski definition) is 4. The molecular formula is C46H34N4S. The number of hydrogen-bond donors (Lipinski definition) is 1. The minimum Gasteiger partial charge on any atom is -0.328 e. The molecule has 2 unspecified atom stereocenters. The van der Waals surface area contributed by atoms with E-state index >= 15 is 0 Å². The van der Waals surface area contributed by atoms with Crippen LogP contribution in [0.3, 0.4) is 0 Å². The van der Waals surface area contributed by atoms with Crippen LogP contribution in [0.5, 0.6) is 0 Å². The van der Waals surface area contributed by atoms with Gasteiger partial charge in [0, 0.05) is 53.2 Å². The van der Waals surface area contributed by atoms with Crippen LogP contribution in [0.2, 0.25) is 0 Å². The van der Waals surface area contributed by atoms with Gasteiger partial charge in [-0.3, -0.25) is 0 Å². The lowest BCUT2D eigenvalue weighted by Gasteiger charge is -2.33. The Labute approximate surface area is 300 Å². The molecule has 1 aliphatic heterocycles. The average Bonchev–Trinajstić information content (AvgIpc) is 3.73. The summed E-state index contributed by atoms with van der Waals surface area (Å²) in [4.78, 5) is 10.5. The van der Waals surface area contributed by atoms with Crippen LogP contribution >= 0.6 is 11.3 Å². The maximum atomic E-state index is 5.28. The summed E-state index contributed by atoms with van der Waals surface area (Å²) < 4.78 is 5.04. The molecule has 51 heavy (non-hydrogen) atoms. The molecule has 3 heterocycles. The molecule has 0 fully saturated rings. The van der Waals surface area contributed by atoms with E-state index in [9.17, 15) is 0 Å². The van der Waals surface area contributed by atoms with Crippen molar-refractivity contribution < 1.29 is 0 Å². The zero-order valence-corrected chi connectivity index (χ0v) is 28.9. The van der Waals surface area contributed by atoms with Gasteiger partial charge in [-0.05, 0) is 73.0 Å². The van der Waals surface area contributed by atoms with Crippen molar-refractivity contribution in [1.82, 2.24) is 9.88 Å². The first kappa shape index (κ1) is 29.8. The normalized spacial score (nSPS) is 18.7. The van der Waals surface area contributed by atoms with E-state index < -0.39 is 0 Å². The minimum atomic E-state index is -0.379. The maximum absolute atomic E-state index is 5.28.